The van der Waals surface area contributed by atoms with E-state index in [1.54, 1.807) is 0 Å². The van der Waals surface area contributed by atoms with Crippen LogP contribution in [0, 0.1) is 0 Å². The van der Waals surface area contributed by atoms with E-state index in [1.807, 2.05) is 36.4 Å². The Kier molecular flexibility index (Phi) is 1.98. The van der Waals surface area contributed by atoms with E-state index < -0.39 is 0 Å². The fourth-order valence-electron chi connectivity index (χ4n) is 2.16. The first-order chi connectivity index (χ1) is 7.81. The second-order valence-corrected chi connectivity index (χ2v) is 4.15. The van der Waals surface area contributed by atoms with Crippen molar-refractivity contribution in [2.24, 2.45) is 10.9 Å². The molecule has 78 valence electrons. The second kappa shape index (κ2) is 3.35. The molecule has 0 aromatic heterocycles. The maximum atomic E-state index is 5.99. The van der Waals surface area contributed by atoms with E-state index >= 15 is 0 Å². The second-order valence-electron chi connectivity index (χ2n) is 3.71. The van der Waals surface area contributed by atoms with Gasteiger partial charge in [0.2, 0.25) is 0 Å². The summed E-state index contributed by atoms with van der Waals surface area (Å²) < 4.78 is 0. The highest BCUT2D eigenvalue weighted by molar-refractivity contribution is 6.32. The van der Waals surface area contributed by atoms with Gasteiger partial charge in [0.15, 0.2) is 0 Å². The van der Waals surface area contributed by atoms with Crippen LogP contribution < -0.4 is 5.84 Å². The van der Waals surface area contributed by atoms with Crippen molar-refractivity contribution in [2.75, 3.05) is 0 Å². The predicted molar refractivity (Wildman–Crippen MR) is 66.7 cm³/mol. The van der Waals surface area contributed by atoms with Gasteiger partial charge in [0, 0.05) is 16.1 Å². The lowest BCUT2D eigenvalue weighted by Crippen LogP contribution is -2.01. The summed E-state index contributed by atoms with van der Waals surface area (Å²) in [6, 6.07) is 13.9. The SMILES string of the molecule is N/N=C1/c2ccccc2-c2ccc(Cl)cc21. The van der Waals surface area contributed by atoms with Crippen LogP contribution in [-0.4, -0.2) is 5.71 Å². The zero-order valence-corrected chi connectivity index (χ0v) is 9.20. The van der Waals surface area contributed by atoms with Crippen molar-refractivity contribution in [1.29, 1.82) is 0 Å². The van der Waals surface area contributed by atoms with Crippen LogP contribution >= 0.6 is 11.6 Å². The molecule has 0 radical (unpaired) electrons. The molecule has 0 aliphatic heterocycles. The zero-order chi connectivity index (χ0) is 11.1. The first kappa shape index (κ1) is 9.43. The average molecular weight is 229 g/mol. The first-order valence-corrected chi connectivity index (χ1v) is 5.36. The Morgan fingerprint density at radius 2 is 1.56 bits per heavy atom. The molecule has 2 nitrogen and oxygen atoms in total. The summed E-state index contributed by atoms with van der Waals surface area (Å²) in [5.41, 5.74) is 5.20. The van der Waals surface area contributed by atoms with E-state index in [1.165, 1.54) is 5.56 Å². The van der Waals surface area contributed by atoms with Gasteiger partial charge in [0.1, 0.15) is 0 Å². The molecule has 0 spiro atoms. The largest absolute Gasteiger partial charge is 0.323 e. The molecule has 0 heterocycles. The minimum Gasteiger partial charge on any atom is -0.323 e. The van der Waals surface area contributed by atoms with Gasteiger partial charge < -0.3 is 5.84 Å². The summed E-state index contributed by atoms with van der Waals surface area (Å²) in [5.74, 6) is 5.46. The number of hydrazone groups is 1. The average Bonchev–Trinajstić information content (AvgIpc) is 2.61. The van der Waals surface area contributed by atoms with Crippen molar-refractivity contribution in [2.45, 2.75) is 0 Å². The number of fused-ring (bicyclic) bond motifs is 3. The third kappa shape index (κ3) is 1.17. The number of rotatable bonds is 0. The van der Waals surface area contributed by atoms with Gasteiger partial charge >= 0.3 is 0 Å². The molecule has 2 aromatic rings. The lowest BCUT2D eigenvalue weighted by molar-refractivity contribution is 1.25. The normalized spacial score (nSPS) is 14.9. The maximum absolute atomic E-state index is 5.99. The summed E-state index contributed by atoms with van der Waals surface area (Å²) in [6.45, 7) is 0. The standard InChI is InChI=1S/C13H9ClN2/c14-8-5-6-10-9-3-1-2-4-11(9)13(16-15)12(10)7-8/h1-7H,15H2/b16-13-. The zero-order valence-electron chi connectivity index (χ0n) is 8.44. The molecule has 0 fully saturated rings. The van der Waals surface area contributed by atoms with Gasteiger partial charge in [-0.1, -0.05) is 41.9 Å². The molecule has 2 aromatic carbocycles. The molecule has 3 heteroatoms. The van der Waals surface area contributed by atoms with E-state index in [2.05, 4.69) is 11.2 Å². The van der Waals surface area contributed by atoms with Crippen molar-refractivity contribution in [3.05, 3.63) is 58.6 Å². The van der Waals surface area contributed by atoms with Gasteiger partial charge in [0.25, 0.3) is 0 Å². The van der Waals surface area contributed by atoms with Crippen LogP contribution in [0.25, 0.3) is 11.1 Å². The highest BCUT2D eigenvalue weighted by atomic mass is 35.5. The molecular formula is C13H9ClN2. The minimum absolute atomic E-state index is 0.702. The fraction of sp³-hybridized carbons (Fsp3) is 0. The smallest absolute Gasteiger partial charge is 0.0984 e. The molecule has 0 amide bonds. The lowest BCUT2D eigenvalue weighted by atomic mass is 10.1. The Balaban J connectivity index is 2.39. The predicted octanol–water partition coefficient (Wildman–Crippen LogP) is 3.03. The monoisotopic (exact) mass is 228 g/mol. The van der Waals surface area contributed by atoms with E-state index in [0.717, 1.165) is 22.4 Å². The summed E-state index contributed by atoms with van der Waals surface area (Å²) in [4.78, 5) is 0. The van der Waals surface area contributed by atoms with Crippen LogP contribution in [-0.2, 0) is 0 Å². The Labute approximate surface area is 98.4 Å². The molecule has 0 saturated carbocycles. The Bertz CT molecular complexity index is 603. The van der Waals surface area contributed by atoms with E-state index in [-0.39, 0.29) is 0 Å². The number of benzene rings is 2. The molecule has 0 atom stereocenters. The Morgan fingerprint density at radius 3 is 2.31 bits per heavy atom. The molecule has 0 saturated heterocycles. The van der Waals surface area contributed by atoms with Gasteiger partial charge in [-0.15, -0.1) is 0 Å². The third-order valence-electron chi connectivity index (χ3n) is 2.84. The number of hydrogen-bond acceptors (Lipinski definition) is 2. The Morgan fingerprint density at radius 1 is 0.875 bits per heavy atom. The summed E-state index contributed by atoms with van der Waals surface area (Å²) in [5, 5.41) is 4.57. The van der Waals surface area contributed by atoms with Crippen molar-refractivity contribution in [3.8, 4) is 11.1 Å². The van der Waals surface area contributed by atoms with Crippen molar-refractivity contribution < 1.29 is 0 Å². The van der Waals surface area contributed by atoms with Crippen molar-refractivity contribution in [1.82, 2.24) is 0 Å². The number of nitrogens with two attached hydrogens (primary N) is 1. The van der Waals surface area contributed by atoms with Crippen LogP contribution in [0.3, 0.4) is 0 Å². The molecule has 3 rings (SSSR count). The molecule has 0 unspecified atom stereocenters. The third-order valence-corrected chi connectivity index (χ3v) is 3.07. The quantitative estimate of drug-likeness (QED) is 0.466. The molecule has 2 N–H and O–H groups in total. The van der Waals surface area contributed by atoms with Gasteiger partial charge in [-0.05, 0) is 23.3 Å². The van der Waals surface area contributed by atoms with Crippen LogP contribution in [0.4, 0.5) is 0 Å². The molecule has 1 aliphatic carbocycles. The minimum atomic E-state index is 0.702. The summed E-state index contributed by atoms with van der Waals surface area (Å²) in [7, 11) is 0. The van der Waals surface area contributed by atoms with Crippen LogP contribution in [0.5, 0.6) is 0 Å². The van der Waals surface area contributed by atoms with Crippen molar-refractivity contribution in [3.63, 3.8) is 0 Å². The summed E-state index contributed by atoms with van der Waals surface area (Å²) >= 11 is 5.99. The Hall–Kier alpha value is -1.80. The summed E-state index contributed by atoms with van der Waals surface area (Å²) in [6.07, 6.45) is 0. The lowest BCUT2D eigenvalue weighted by Gasteiger charge is -1.99. The van der Waals surface area contributed by atoms with E-state index in [9.17, 15) is 0 Å². The number of hydrogen-bond donors (Lipinski definition) is 1. The van der Waals surface area contributed by atoms with Gasteiger partial charge in [-0.3, -0.25) is 0 Å². The molecule has 0 bridgehead atoms. The topological polar surface area (TPSA) is 38.4 Å². The molecule has 16 heavy (non-hydrogen) atoms. The molecule has 1 aliphatic rings. The van der Waals surface area contributed by atoms with Crippen LogP contribution in [0.2, 0.25) is 5.02 Å². The van der Waals surface area contributed by atoms with Gasteiger partial charge in [-0.2, -0.15) is 5.10 Å². The van der Waals surface area contributed by atoms with Crippen molar-refractivity contribution >= 4 is 17.3 Å². The first-order valence-electron chi connectivity index (χ1n) is 4.99. The van der Waals surface area contributed by atoms with Gasteiger partial charge in [0.05, 0.1) is 5.71 Å². The number of halogens is 1. The molecular weight excluding hydrogens is 220 g/mol. The maximum Gasteiger partial charge on any atom is 0.0984 e. The fourth-order valence-corrected chi connectivity index (χ4v) is 2.33. The van der Waals surface area contributed by atoms with E-state index in [4.69, 9.17) is 17.4 Å². The highest BCUT2D eigenvalue weighted by Gasteiger charge is 2.24. The number of nitrogens with zero attached hydrogens (tertiary/aromatic N) is 1. The van der Waals surface area contributed by atoms with Crippen LogP contribution in [0.15, 0.2) is 47.6 Å². The van der Waals surface area contributed by atoms with Gasteiger partial charge in [-0.25, -0.2) is 0 Å². The van der Waals surface area contributed by atoms with Crippen LogP contribution in [0.1, 0.15) is 11.1 Å². The van der Waals surface area contributed by atoms with E-state index in [0.29, 0.717) is 5.02 Å². The highest BCUT2D eigenvalue weighted by Crippen LogP contribution is 2.37.